The second kappa shape index (κ2) is 9.53. The predicted molar refractivity (Wildman–Crippen MR) is 110 cm³/mol. The van der Waals surface area contributed by atoms with Gasteiger partial charge in [-0.1, -0.05) is 0 Å². The maximum absolute atomic E-state index is 12.5. The molecule has 0 radical (unpaired) electrons. The highest BCUT2D eigenvalue weighted by Gasteiger charge is 2.19. The number of methoxy groups -OCH3 is 1. The zero-order valence-corrected chi connectivity index (χ0v) is 16.9. The average Bonchev–Trinajstić information content (AvgIpc) is 3.26. The number of hydrogen-bond acceptors (Lipinski definition) is 7. The Morgan fingerprint density at radius 2 is 1.84 bits per heavy atom. The molecule has 0 fully saturated rings. The lowest BCUT2D eigenvalue weighted by Gasteiger charge is -2.07. The largest absolute Gasteiger partial charge is 0.497 e. The summed E-state index contributed by atoms with van der Waals surface area (Å²) in [5, 5.41) is 18.2. The van der Waals surface area contributed by atoms with Crippen LogP contribution in [0.5, 0.6) is 5.75 Å². The predicted octanol–water partition coefficient (Wildman–Crippen LogP) is 2.90. The van der Waals surface area contributed by atoms with Gasteiger partial charge in [0.15, 0.2) is 0 Å². The van der Waals surface area contributed by atoms with Crippen LogP contribution in [0.25, 0.3) is 5.69 Å². The molecule has 0 saturated heterocycles. The number of nitrogens with one attached hydrogen (secondary N) is 1. The van der Waals surface area contributed by atoms with Gasteiger partial charge in [-0.05, 0) is 43.3 Å². The number of ether oxygens (including phenoxy) is 2. The first-order chi connectivity index (χ1) is 14.9. The molecule has 3 rings (SSSR count). The lowest BCUT2D eigenvalue weighted by Crippen LogP contribution is -2.23. The molecule has 1 N–H and O–H groups in total. The average molecular weight is 424 g/mol. The Kier molecular flexibility index (Phi) is 6.61. The van der Waals surface area contributed by atoms with Crippen molar-refractivity contribution >= 4 is 17.6 Å². The van der Waals surface area contributed by atoms with Crippen LogP contribution >= 0.6 is 0 Å². The third-order valence-corrected chi connectivity index (χ3v) is 4.31. The Balaban J connectivity index is 1.72. The Labute approximate surface area is 177 Å². The van der Waals surface area contributed by atoms with E-state index in [4.69, 9.17) is 9.47 Å². The standard InChI is InChI=1S/C21H20N4O6/c1-3-31-21(27)15-10-14(11-18(12-15)25(28)29)20(26)22-13-16-8-9-24(23-16)17-4-6-19(30-2)7-5-17/h4-12H,3,13H2,1-2H3,(H,22,26). The number of nitro benzene ring substituents is 1. The van der Waals surface area contributed by atoms with Gasteiger partial charge in [0.25, 0.3) is 11.6 Å². The first kappa shape index (κ1) is 21.5. The second-order valence-electron chi connectivity index (χ2n) is 6.38. The number of benzene rings is 2. The minimum Gasteiger partial charge on any atom is -0.497 e. The van der Waals surface area contributed by atoms with Crippen molar-refractivity contribution in [2.24, 2.45) is 0 Å². The molecule has 10 heteroatoms. The number of non-ortho nitro benzene ring substituents is 1. The smallest absolute Gasteiger partial charge is 0.338 e. The van der Waals surface area contributed by atoms with Gasteiger partial charge in [0, 0.05) is 23.9 Å². The number of nitrogens with zero attached hydrogens (tertiary/aromatic N) is 3. The van der Waals surface area contributed by atoms with Gasteiger partial charge in [-0.2, -0.15) is 5.10 Å². The number of rotatable bonds is 8. The van der Waals surface area contributed by atoms with Crippen LogP contribution in [0.1, 0.15) is 33.3 Å². The van der Waals surface area contributed by atoms with Crippen LogP contribution in [0.4, 0.5) is 5.69 Å². The number of nitro groups is 1. The summed E-state index contributed by atoms with van der Waals surface area (Å²) in [6, 6.07) is 12.5. The van der Waals surface area contributed by atoms with E-state index in [0.29, 0.717) is 5.69 Å². The van der Waals surface area contributed by atoms with Gasteiger partial charge in [-0.25, -0.2) is 9.48 Å². The highest BCUT2D eigenvalue weighted by molar-refractivity contribution is 5.98. The fourth-order valence-electron chi connectivity index (χ4n) is 2.79. The van der Waals surface area contributed by atoms with E-state index in [-0.39, 0.29) is 30.0 Å². The molecule has 0 aliphatic rings. The molecule has 1 heterocycles. The molecule has 160 valence electrons. The van der Waals surface area contributed by atoms with E-state index >= 15 is 0 Å². The van der Waals surface area contributed by atoms with Crippen molar-refractivity contribution in [3.8, 4) is 11.4 Å². The quantitative estimate of drug-likeness (QED) is 0.335. The first-order valence-corrected chi connectivity index (χ1v) is 9.35. The number of aromatic nitrogens is 2. The van der Waals surface area contributed by atoms with E-state index in [9.17, 15) is 19.7 Å². The third-order valence-electron chi connectivity index (χ3n) is 4.31. The zero-order valence-electron chi connectivity index (χ0n) is 16.9. The van der Waals surface area contributed by atoms with Crippen LogP contribution in [-0.4, -0.2) is 40.3 Å². The molecule has 10 nitrogen and oxygen atoms in total. The Morgan fingerprint density at radius 3 is 2.48 bits per heavy atom. The van der Waals surface area contributed by atoms with Crippen LogP contribution in [0, 0.1) is 10.1 Å². The van der Waals surface area contributed by atoms with Crippen molar-refractivity contribution in [2.75, 3.05) is 13.7 Å². The molecule has 1 aromatic heterocycles. The van der Waals surface area contributed by atoms with Gasteiger partial charge < -0.3 is 14.8 Å². The van der Waals surface area contributed by atoms with Crippen molar-refractivity contribution in [2.45, 2.75) is 13.5 Å². The summed E-state index contributed by atoms with van der Waals surface area (Å²) in [4.78, 5) is 35.0. The normalized spacial score (nSPS) is 10.4. The molecule has 31 heavy (non-hydrogen) atoms. The number of hydrogen-bond donors (Lipinski definition) is 1. The summed E-state index contributed by atoms with van der Waals surface area (Å²) >= 11 is 0. The van der Waals surface area contributed by atoms with Crippen LogP contribution in [0.2, 0.25) is 0 Å². The summed E-state index contributed by atoms with van der Waals surface area (Å²) in [7, 11) is 1.58. The van der Waals surface area contributed by atoms with E-state index in [1.807, 2.05) is 24.3 Å². The number of carbonyl (C=O) groups excluding carboxylic acids is 2. The van der Waals surface area contributed by atoms with E-state index < -0.39 is 16.8 Å². The Bertz CT molecular complexity index is 1110. The fourth-order valence-corrected chi connectivity index (χ4v) is 2.79. The van der Waals surface area contributed by atoms with Gasteiger partial charge in [0.2, 0.25) is 0 Å². The molecule has 0 aliphatic heterocycles. The van der Waals surface area contributed by atoms with Crippen molar-refractivity contribution in [3.05, 3.63) is 81.7 Å². The highest BCUT2D eigenvalue weighted by atomic mass is 16.6. The summed E-state index contributed by atoms with van der Waals surface area (Å²) in [6.07, 6.45) is 1.75. The summed E-state index contributed by atoms with van der Waals surface area (Å²) in [5.74, 6) is -0.589. The molecule has 0 unspecified atom stereocenters. The van der Waals surface area contributed by atoms with E-state index in [1.165, 1.54) is 6.07 Å². The third kappa shape index (κ3) is 5.24. The van der Waals surface area contributed by atoms with E-state index in [1.54, 1.807) is 31.0 Å². The molecular weight excluding hydrogens is 404 g/mol. The number of carbonyl (C=O) groups is 2. The van der Waals surface area contributed by atoms with Gasteiger partial charge >= 0.3 is 5.97 Å². The van der Waals surface area contributed by atoms with Gasteiger partial charge in [0.05, 0.1) is 42.1 Å². The highest BCUT2D eigenvalue weighted by Crippen LogP contribution is 2.19. The minimum atomic E-state index is -0.738. The molecule has 1 amide bonds. The van der Waals surface area contributed by atoms with Crippen LogP contribution in [0.3, 0.4) is 0 Å². The SMILES string of the molecule is CCOC(=O)c1cc(C(=O)NCc2ccn(-c3ccc(OC)cc3)n2)cc([N+](=O)[O-])c1. The Hall–Kier alpha value is -4.21. The van der Waals surface area contributed by atoms with Crippen molar-refractivity contribution in [1.29, 1.82) is 0 Å². The van der Waals surface area contributed by atoms with Gasteiger partial charge in [-0.15, -0.1) is 0 Å². The molecule has 0 bridgehead atoms. The monoisotopic (exact) mass is 424 g/mol. The van der Waals surface area contributed by atoms with Crippen LogP contribution in [0.15, 0.2) is 54.7 Å². The second-order valence-corrected chi connectivity index (χ2v) is 6.38. The lowest BCUT2D eigenvalue weighted by molar-refractivity contribution is -0.384. The molecular formula is C21H20N4O6. The maximum Gasteiger partial charge on any atom is 0.338 e. The van der Waals surface area contributed by atoms with E-state index in [0.717, 1.165) is 23.6 Å². The topological polar surface area (TPSA) is 126 Å². The molecule has 0 spiro atoms. The molecule has 0 atom stereocenters. The summed E-state index contributed by atoms with van der Waals surface area (Å²) in [6.45, 7) is 1.83. The maximum atomic E-state index is 12.5. The summed E-state index contributed by atoms with van der Waals surface area (Å²) < 4.78 is 11.6. The molecule has 0 aliphatic carbocycles. The minimum absolute atomic E-state index is 0.0214. The van der Waals surface area contributed by atoms with Gasteiger partial charge in [-0.3, -0.25) is 14.9 Å². The first-order valence-electron chi connectivity index (χ1n) is 9.35. The Morgan fingerprint density at radius 1 is 1.13 bits per heavy atom. The van der Waals surface area contributed by atoms with E-state index in [2.05, 4.69) is 10.4 Å². The van der Waals surface area contributed by atoms with Crippen molar-refractivity contribution in [3.63, 3.8) is 0 Å². The fraction of sp³-hybridized carbons (Fsp3) is 0.190. The zero-order chi connectivity index (χ0) is 22.4. The molecule has 3 aromatic rings. The lowest BCUT2D eigenvalue weighted by atomic mass is 10.1. The number of amides is 1. The van der Waals surface area contributed by atoms with Gasteiger partial charge in [0.1, 0.15) is 5.75 Å². The number of esters is 1. The van der Waals surface area contributed by atoms with Crippen molar-refractivity contribution in [1.82, 2.24) is 15.1 Å². The van der Waals surface area contributed by atoms with Crippen molar-refractivity contribution < 1.29 is 24.0 Å². The molecule has 2 aromatic carbocycles. The summed E-state index contributed by atoms with van der Waals surface area (Å²) in [5.41, 5.74) is 0.938. The molecule has 0 saturated carbocycles. The van der Waals surface area contributed by atoms with Crippen LogP contribution in [-0.2, 0) is 11.3 Å². The van der Waals surface area contributed by atoms with Crippen LogP contribution < -0.4 is 10.1 Å².